The zero-order chi connectivity index (χ0) is 16.4. The minimum atomic E-state index is -0.140. The maximum atomic E-state index is 12.6. The molecule has 0 aliphatic heterocycles. The number of nitrogens with zero attached hydrogens (tertiary/aromatic N) is 3. The molecule has 1 aromatic carbocycles. The molecule has 1 aromatic heterocycles. The quantitative estimate of drug-likeness (QED) is 0.875. The number of carbonyl (C=O) groups is 1. The molecule has 1 saturated carbocycles. The Hall–Kier alpha value is -2.17. The number of rotatable bonds is 3. The number of hydrogen-bond acceptors (Lipinski definition) is 3. The Morgan fingerprint density at radius 3 is 2.70 bits per heavy atom. The maximum Gasteiger partial charge on any atom is 0.261 e. The van der Waals surface area contributed by atoms with Crippen molar-refractivity contribution in [1.29, 1.82) is 0 Å². The highest BCUT2D eigenvalue weighted by atomic mass is 16.2. The third-order valence-corrected chi connectivity index (χ3v) is 4.86. The first-order valence-electron chi connectivity index (χ1n) is 8.30. The second kappa shape index (κ2) is 6.52. The number of para-hydroxylation sites is 1. The van der Waals surface area contributed by atoms with Crippen LogP contribution in [-0.4, -0.2) is 33.4 Å². The molecule has 23 heavy (non-hydrogen) atoms. The summed E-state index contributed by atoms with van der Waals surface area (Å²) in [4.78, 5) is 31.5. The molecule has 1 heterocycles. The Morgan fingerprint density at radius 2 is 1.96 bits per heavy atom. The van der Waals surface area contributed by atoms with Crippen LogP contribution in [0.25, 0.3) is 10.9 Å². The van der Waals surface area contributed by atoms with Crippen LogP contribution in [0, 0.1) is 6.92 Å². The standard InChI is InChI=1S/C18H23N3O2/c1-13-19-16-11-7-6-10-15(16)18(23)21(13)12-17(22)20(2)14-8-4-3-5-9-14/h6-7,10-11,14H,3-5,8-9,12H2,1-2H3. The molecule has 0 N–H and O–H groups in total. The van der Waals surface area contributed by atoms with Crippen LogP contribution in [0.2, 0.25) is 0 Å². The average Bonchev–Trinajstić information content (AvgIpc) is 2.58. The van der Waals surface area contributed by atoms with E-state index in [-0.39, 0.29) is 18.0 Å². The van der Waals surface area contributed by atoms with E-state index in [1.54, 1.807) is 13.0 Å². The Bertz CT molecular complexity index is 775. The first-order chi connectivity index (χ1) is 11.1. The van der Waals surface area contributed by atoms with E-state index in [0.717, 1.165) is 12.8 Å². The molecular weight excluding hydrogens is 290 g/mol. The van der Waals surface area contributed by atoms with Crippen LogP contribution in [-0.2, 0) is 11.3 Å². The summed E-state index contributed by atoms with van der Waals surface area (Å²) in [6.45, 7) is 1.84. The molecule has 1 aliphatic rings. The molecular formula is C18H23N3O2. The fourth-order valence-corrected chi connectivity index (χ4v) is 3.38. The molecule has 0 spiro atoms. The van der Waals surface area contributed by atoms with Crippen molar-refractivity contribution in [2.45, 2.75) is 51.6 Å². The summed E-state index contributed by atoms with van der Waals surface area (Å²) in [5.74, 6) is 0.568. The van der Waals surface area contributed by atoms with Crippen LogP contribution in [0.1, 0.15) is 37.9 Å². The second-order valence-corrected chi connectivity index (χ2v) is 6.36. The lowest BCUT2D eigenvalue weighted by molar-refractivity contribution is -0.133. The molecule has 1 amide bonds. The number of hydrogen-bond donors (Lipinski definition) is 0. The largest absolute Gasteiger partial charge is 0.341 e. The van der Waals surface area contributed by atoms with Crippen molar-refractivity contribution >= 4 is 16.8 Å². The number of aryl methyl sites for hydroxylation is 1. The van der Waals surface area contributed by atoms with Crippen LogP contribution in [0.4, 0.5) is 0 Å². The van der Waals surface area contributed by atoms with E-state index in [1.807, 2.05) is 30.1 Å². The Kier molecular flexibility index (Phi) is 4.46. The first kappa shape index (κ1) is 15.7. The summed E-state index contributed by atoms with van der Waals surface area (Å²) < 4.78 is 1.49. The Morgan fingerprint density at radius 1 is 1.26 bits per heavy atom. The lowest BCUT2D eigenvalue weighted by atomic mass is 9.94. The van der Waals surface area contributed by atoms with E-state index >= 15 is 0 Å². The smallest absolute Gasteiger partial charge is 0.261 e. The van der Waals surface area contributed by atoms with E-state index in [2.05, 4.69) is 4.98 Å². The Balaban J connectivity index is 1.86. The number of likely N-dealkylation sites (N-methyl/N-ethyl adjacent to an activating group) is 1. The van der Waals surface area contributed by atoms with Crippen molar-refractivity contribution in [3.63, 3.8) is 0 Å². The highest BCUT2D eigenvalue weighted by molar-refractivity contribution is 5.79. The van der Waals surface area contributed by atoms with E-state index in [9.17, 15) is 9.59 Å². The molecule has 0 bridgehead atoms. The number of carbonyl (C=O) groups excluding carboxylic acids is 1. The van der Waals surface area contributed by atoms with Crippen molar-refractivity contribution < 1.29 is 4.79 Å². The summed E-state index contributed by atoms with van der Waals surface area (Å²) in [5.41, 5.74) is 0.540. The van der Waals surface area contributed by atoms with E-state index in [1.165, 1.54) is 23.8 Å². The third-order valence-electron chi connectivity index (χ3n) is 4.86. The summed E-state index contributed by atoms with van der Waals surface area (Å²) in [6.07, 6.45) is 5.74. The monoisotopic (exact) mass is 313 g/mol. The van der Waals surface area contributed by atoms with Crippen LogP contribution < -0.4 is 5.56 Å². The van der Waals surface area contributed by atoms with Gasteiger partial charge in [-0.3, -0.25) is 14.2 Å². The highest BCUT2D eigenvalue weighted by Gasteiger charge is 2.23. The van der Waals surface area contributed by atoms with Crippen molar-refractivity contribution in [3.05, 3.63) is 40.4 Å². The van der Waals surface area contributed by atoms with Gasteiger partial charge < -0.3 is 4.90 Å². The molecule has 1 fully saturated rings. The van der Waals surface area contributed by atoms with Gasteiger partial charge in [0.15, 0.2) is 0 Å². The third kappa shape index (κ3) is 3.14. The molecule has 1 aliphatic carbocycles. The fourth-order valence-electron chi connectivity index (χ4n) is 3.38. The van der Waals surface area contributed by atoms with Crippen LogP contribution in [0.3, 0.4) is 0 Å². The van der Waals surface area contributed by atoms with Gasteiger partial charge in [-0.05, 0) is 31.9 Å². The van der Waals surface area contributed by atoms with Gasteiger partial charge in [-0.15, -0.1) is 0 Å². The van der Waals surface area contributed by atoms with Gasteiger partial charge in [-0.25, -0.2) is 4.98 Å². The summed E-state index contributed by atoms with van der Waals surface area (Å²) in [6, 6.07) is 7.57. The number of amides is 1. The van der Waals surface area contributed by atoms with Gasteiger partial charge in [-0.1, -0.05) is 31.4 Å². The SMILES string of the molecule is Cc1nc2ccccc2c(=O)n1CC(=O)N(C)C1CCCCC1. The minimum Gasteiger partial charge on any atom is -0.341 e. The molecule has 0 unspecified atom stereocenters. The molecule has 0 radical (unpaired) electrons. The van der Waals surface area contributed by atoms with Gasteiger partial charge >= 0.3 is 0 Å². The van der Waals surface area contributed by atoms with Gasteiger partial charge in [0.2, 0.25) is 5.91 Å². The molecule has 2 aromatic rings. The van der Waals surface area contributed by atoms with Crippen molar-refractivity contribution in [2.24, 2.45) is 0 Å². The lowest BCUT2D eigenvalue weighted by Gasteiger charge is -2.31. The van der Waals surface area contributed by atoms with Crippen molar-refractivity contribution in [3.8, 4) is 0 Å². The zero-order valence-electron chi connectivity index (χ0n) is 13.8. The van der Waals surface area contributed by atoms with Crippen molar-refractivity contribution in [1.82, 2.24) is 14.5 Å². The minimum absolute atomic E-state index is 0.0146. The summed E-state index contributed by atoms with van der Waals surface area (Å²) >= 11 is 0. The van der Waals surface area contributed by atoms with Gasteiger partial charge in [0, 0.05) is 13.1 Å². The predicted octanol–water partition coefficient (Wildman–Crippen LogP) is 2.50. The second-order valence-electron chi connectivity index (χ2n) is 6.36. The van der Waals surface area contributed by atoms with Gasteiger partial charge in [0.05, 0.1) is 10.9 Å². The highest BCUT2D eigenvalue weighted by Crippen LogP contribution is 2.21. The van der Waals surface area contributed by atoms with Crippen LogP contribution in [0.15, 0.2) is 29.1 Å². The van der Waals surface area contributed by atoms with Crippen LogP contribution >= 0.6 is 0 Å². The summed E-state index contributed by atoms with van der Waals surface area (Å²) in [7, 11) is 1.85. The predicted molar refractivity (Wildman–Crippen MR) is 90.4 cm³/mol. The molecule has 0 saturated heterocycles. The fraction of sp³-hybridized carbons (Fsp3) is 0.500. The Labute approximate surface area is 135 Å². The van der Waals surface area contributed by atoms with E-state index < -0.39 is 0 Å². The van der Waals surface area contributed by atoms with Gasteiger partial charge in [0.25, 0.3) is 5.56 Å². The maximum absolute atomic E-state index is 12.6. The molecule has 3 rings (SSSR count). The number of aromatic nitrogens is 2. The molecule has 5 heteroatoms. The topological polar surface area (TPSA) is 55.2 Å². The van der Waals surface area contributed by atoms with Gasteiger partial charge in [-0.2, -0.15) is 0 Å². The van der Waals surface area contributed by atoms with E-state index in [0.29, 0.717) is 22.8 Å². The molecule has 122 valence electrons. The van der Waals surface area contributed by atoms with Crippen molar-refractivity contribution in [2.75, 3.05) is 7.05 Å². The molecule has 0 atom stereocenters. The van der Waals surface area contributed by atoms with Crippen LogP contribution in [0.5, 0.6) is 0 Å². The lowest BCUT2D eigenvalue weighted by Crippen LogP contribution is -2.42. The number of benzene rings is 1. The zero-order valence-corrected chi connectivity index (χ0v) is 13.8. The van der Waals surface area contributed by atoms with E-state index in [4.69, 9.17) is 0 Å². The first-order valence-corrected chi connectivity index (χ1v) is 8.30. The summed E-state index contributed by atoms with van der Waals surface area (Å²) in [5, 5.41) is 0.561. The van der Waals surface area contributed by atoms with Gasteiger partial charge in [0.1, 0.15) is 12.4 Å². The molecule has 5 nitrogen and oxygen atoms in total. The normalized spacial score (nSPS) is 15.7. The number of fused-ring (bicyclic) bond motifs is 1. The average molecular weight is 313 g/mol.